The Labute approximate surface area is 121 Å². The highest BCUT2D eigenvalue weighted by molar-refractivity contribution is 6.30. The molecule has 0 aromatic carbocycles. The number of halogens is 1. The molecule has 2 rings (SSSR count). The van der Waals surface area contributed by atoms with Gasteiger partial charge in [-0.1, -0.05) is 24.9 Å². The highest BCUT2D eigenvalue weighted by Gasteiger charge is 2.14. The number of rotatable bonds is 4. The average Bonchev–Trinajstić information content (AvgIpc) is 2.68. The summed E-state index contributed by atoms with van der Waals surface area (Å²) in [6.07, 6.45) is 3.13. The van der Waals surface area contributed by atoms with Gasteiger partial charge in [-0.15, -0.1) is 0 Å². The Morgan fingerprint density at radius 1 is 1.40 bits per heavy atom. The van der Waals surface area contributed by atoms with Crippen molar-refractivity contribution in [3.8, 4) is 0 Å². The Bertz CT molecular complexity index is 742. The molecule has 108 valence electrons. The zero-order valence-corrected chi connectivity index (χ0v) is 12.5. The zero-order valence-electron chi connectivity index (χ0n) is 11.7. The van der Waals surface area contributed by atoms with Crippen LogP contribution in [0.1, 0.15) is 30.2 Å². The van der Waals surface area contributed by atoms with E-state index in [0.717, 1.165) is 17.7 Å². The lowest BCUT2D eigenvalue weighted by atomic mass is 10.2. The Balaban J connectivity index is 2.52. The van der Waals surface area contributed by atoms with Crippen molar-refractivity contribution < 1.29 is 0 Å². The highest BCUT2D eigenvalue weighted by Crippen LogP contribution is 2.09. The Hall–Kier alpha value is -1.82. The molecule has 0 amide bonds. The van der Waals surface area contributed by atoms with Crippen molar-refractivity contribution in [1.29, 1.82) is 0 Å². The summed E-state index contributed by atoms with van der Waals surface area (Å²) in [6, 6.07) is 0. The van der Waals surface area contributed by atoms with E-state index in [2.05, 4.69) is 10.1 Å². The summed E-state index contributed by atoms with van der Waals surface area (Å²) in [5.41, 5.74) is 1.26. The molecule has 0 unspecified atom stereocenters. The number of nitrogens with zero attached hydrogens (tertiary/aromatic N) is 3. The third kappa shape index (κ3) is 2.70. The van der Waals surface area contributed by atoms with Crippen LogP contribution in [0.5, 0.6) is 0 Å². The fourth-order valence-electron chi connectivity index (χ4n) is 2.17. The fourth-order valence-corrected chi connectivity index (χ4v) is 2.43. The van der Waals surface area contributed by atoms with Crippen LogP contribution in [0.2, 0.25) is 5.15 Å². The third-order valence-electron chi connectivity index (χ3n) is 3.17. The van der Waals surface area contributed by atoms with E-state index >= 15 is 0 Å². The lowest BCUT2D eigenvalue weighted by Crippen LogP contribution is -2.37. The van der Waals surface area contributed by atoms with E-state index in [1.54, 1.807) is 17.9 Å². The number of hydrogen-bond acceptors (Lipinski definition) is 3. The second kappa shape index (κ2) is 5.66. The second-order valence-corrected chi connectivity index (χ2v) is 5.16. The zero-order chi connectivity index (χ0) is 14.9. The Morgan fingerprint density at radius 3 is 2.65 bits per heavy atom. The maximum atomic E-state index is 12.4. The molecule has 2 aromatic heterocycles. The van der Waals surface area contributed by atoms with Gasteiger partial charge in [0.05, 0.1) is 17.8 Å². The summed E-state index contributed by atoms with van der Waals surface area (Å²) in [5.74, 6) is 0. The molecular formula is C13H17ClN4O2. The smallest absolute Gasteiger partial charge is 0.297 e. The van der Waals surface area contributed by atoms with Gasteiger partial charge in [-0.25, -0.2) is 4.79 Å². The van der Waals surface area contributed by atoms with E-state index in [4.69, 9.17) is 11.6 Å². The summed E-state index contributed by atoms with van der Waals surface area (Å²) in [7, 11) is 1.80. The van der Waals surface area contributed by atoms with Crippen LogP contribution >= 0.6 is 11.6 Å². The van der Waals surface area contributed by atoms with Crippen LogP contribution in [0.25, 0.3) is 0 Å². The molecule has 0 atom stereocenters. The molecule has 1 N–H and O–H groups in total. The lowest BCUT2D eigenvalue weighted by Gasteiger charge is -2.08. The van der Waals surface area contributed by atoms with Gasteiger partial charge in [-0.3, -0.25) is 19.0 Å². The monoisotopic (exact) mass is 296 g/mol. The molecule has 2 heterocycles. The van der Waals surface area contributed by atoms with Crippen molar-refractivity contribution in [2.24, 2.45) is 7.05 Å². The number of H-pyrrole nitrogens is 1. The van der Waals surface area contributed by atoms with E-state index < -0.39 is 5.69 Å². The minimum Gasteiger partial charge on any atom is -0.297 e. The first-order chi connectivity index (χ1) is 9.43. The van der Waals surface area contributed by atoms with Crippen molar-refractivity contribution in [1.82, 2.24) is 19.3 Å². The van der Waals surface area contributed by atoms with Gasteiger partial charge in [0, 0.05) is 18.8 Å². The average molecular weight is 297 g/mol. The molecule has 0 aliphatic rings. The Morgan fingerprint density at radius 2 is 2.10 bits per heavy atom. The summed E-state index contributed by atoms with van der Waals surface area (Å²) < 4.78 is 2.83. The van der Waals surface area contributed by atoms with Gasteiger partial charge >= 0.3 is 5.69 Å². The van der Waals surface area contributed by atoms with E-state index in [-0.39, 0.29) is 17.3 Å². The fraction of sp³-hybridized carbons (Fsp3) is 0.462. The van der Waals surface area contributed by atoms with E-state index in [1.165, 1.54) is 4.57 Å². The number of aromatic nitrogens is 4. The van der Waals surface area contributed by atoms with Crippen LogP contribution in [-0.4, -0.2) is 19.3 Å². The van der Waals surface area contributed by atoms with E-state index in [9.17, 15) is 9.59 Å². The minimum atomic E-state index is -0.497. The van der Waals surface area contributed by atoms with E-state index in [1.807, 2.05) is 13.8 Å². The van der Waals surface area contributed by atoms with Crippen LogP contribution in [0.3, 0.4) is 0 Å². The standard InChI is InChI=1S/C13H17ClN4O2/c1-4-5-10-11(14)15-13(20)18(12(10)19)7-9-6-17(3)16-8(9)2/h6H,4-5,7H2,1-3H3,(H,15,20). The Kier molecular flexibility index (Phi) is 4.13. The van der Waals surface area contributed by atoms with Crippen molar-refractivity contribution in [3.63, 3.8) is 0 Å². The van der Waals surface area contributed by atoms with Crippen LogP contribution in [0, 0.1) is 6.92 Å². The molecule has 0 saturated heterocycles. The number of aryl methyl sites for hydroxylation is 2. The van der Waals surface area contributed by atoms with Gasteiger partial charge in [-0.2, -0.15) is 5.10 Å². The van der Waals surface area contributed by atoms with Gasteiger partial charge < -0.3 is 0 Å². The molecule has 0 fully saturated rings. The summed E-state index contributed by atoms with van der Waals surface area (Å²) >= 11 is 5.94. The molecule has 0 saturated carbocycles. The molecule has 20 heavy (non-hydrogen) atoms. The maximum absolute atomic E-state index is 12.4. The summed E-state index contributed by atoms with van der Waals surface area (Å²) in [5, 5.41) is 4.35. The normalized spacial score (nSPS) is 11.0. The first kappa shape index (κ1) is 14.6. The highest BCUT2D eigenvalue weighted by atomic mass is 35.5. The molecular weight excluding hydrogens is 280 g/mol. The lowest BCUT2D eigenvalue weighted by molar-refractivity contribution is 0.677. The van der Waals surface area contributed by atoms with Gasteiger partial charge in [-0.05, 0) is 13.3 Å². The van der Waals surface area contributed by atoms with Crippen LogP contribution in [0.15, 0.2) is 15.8 Å². The molecule has 0 bridgehead atoms. The van der Waals surface area contributed by atoms with Crippen molar-refractivity contribution in [2.45, 2.75) is 33.2 Å². The molecule has 0 radical (unpaired) electrons. The molecule has 7 heteroatoms. The summed E-state index contributed by atoms with van der Waals surface area (Å²) in [6.45, 7) is 4.00. The first-order valence-corrected chi connectivity index (χ1v) is 6.82. The topological polar surface area (TPSA) is 72.7 Å². The second-order valence-electron chi connectivity index (χ2n) is 4.78. The molecule has 0 aliphatic heterocycles. The summed E-state index contributed by atoms with van der Waals surface area (Å²) in [4.78, 5) is 26.8. The van der Waals surface area contributed by atoms with Crippen LogP contribution < -0.4 is 11.2 Å². The quantitative estimate of drug-likeness (QED) is 0.863. The van der Waals surface area contributed by atoms with Crippen molar-refractivity contribution in [2.75, 3.05) is 0 Å². The molecule has 6 nitrogen and oxygen atoms in total. The van der Waals surface area contributed by atoms with Crippen LogP contribution in [-0.2, 0) is 20.0 Å². The van der Waals surface area contributed by atoms with Crippen molar-refractivity contribution in [3.05, 3.63) is 49.0 Å². The maximum Gasteiger partial charge on any atom is 0.329 e. The van der Waals surface area contributed by atoms with Gasteiger partial charge in [0.15, 0.2) is 0 Å². The number of nitrogens with one attached hydrogen (secondary N) is 1. The van der Waals surface area contributed by atoms with Crippen LogP contribution in [0.4, 0.5) is 0 Å². The largest absolute Gasteiger partial charge is 0.329 e. The van der Waals surface area contributed by atoms with Crippen molar-refractivity contribution >= 4 is 11.6 Å². The number of aromatic amines is 1. The molecule has 2 aromatic rings. The predicted molar refractivity (Wildman–Crippen MR) is 77.4 cm³/mol. The molecule has 0 spiro atoms. The first-order valence-electron chi connectivity index (χ1n) is 6.44. The molecule has 0 aliphatic carbocycles. The minimum absolute atomic E-state index is 0.140. The van der Waals surface area contributed by atoms with Gasteiger partial charge in [0.1, 0.15) is 5.15 Å². The van der Waals surface area contributed by atoms with Gasteiger partial charge in [0.2, 0.25) is 0 Å². The SMILES string of the molecule is CCCc1c(Cl)[nH]c(=O)n(Cc2cn(C)nc2C)c1=O. The third-order valence-corrected chi connectivity index (χ3v) is 3.50. The van der Waals surface area contributed by atoms with E-state index in [0.29, 0.717) is 12.0 Å². The van der Waals surface area contributed by atoms with Gasteiger partial charge in [0.25, 0.3) is 5.56 Å². The number of hydrogen-bond donors (Lipinski definition) is 1. The predicted octanol–water partition coefficient (Wildman–Crippen LogP) is 1.23.